The second-order valence-corrected chi connectivity index (χ2v) is 7.11. The van der Waals surface area contributed by atoms with E-state index in [1.54, 1.807) is 0 Å². The number of fused-ring (bicyclic) bond motifs is 1. The molecule has 0 aromatic carbocycles. The van der Waals surface area contributed by atoms with Crippen LogP contribution in [0.3, 0.4) is 0 Å². The first kappa shape index (κ1) is 14.4. The Morgan fingerprint density at radius 2 is 2.05 bits per heavy atom. The van der Waals surface area contributed by atoms with Gasteiger partial charge >= 0.3 is 0 Å². The molecule has 112 valence electrons. The van der Waals surface area contributed by atoms with E-state index < -0.39 is 0 Å². The maximum atomic E-state index is 9.65. The summed E-state index contributed by atoms with van der Waals surface area (Å²) >= 11 is 0. The Labute approximate surface area is 123 Å². The Balaban J connectivity index is 1.71. The molecule has 3 nitrogen and oxygen atoms in total. The molecule has 20 heavy (non-hydrogen) atoms. The second kappa shape index (κ2) is 6.03. The molecule has 2 saturated carbocycles. The SMILES string of the molecule is CCNC1(C#N)CCCC(N2CCCC3CCCC32)C1. The van der Waals surface area contributed by atoms with Crippen LogP contribution in [0.1, 0.15) is 64.7 Å². The van der Waals surface area contributed by atoms with Gasteiger partial charge in [-0.1, -0.05) is 13.3 Å². The van der Waals surface area contributed by atoms with Gasteiger partial charge in [-0.2, -0.15) is 5.26 Å². The van der Waals surface area contributed by atoms with Crippen molar-refractivity contribution < 1.29 is 0 Å². The quantitative estimate of drug-likeness (QED) is 0.860. The molecule has 0 aromatic rings. The van der Waals surface area contributed by atoms with Crippen molar-refractivity contribution in [2.75, 3.05) is 13.1 Å². The minimum absolute atomic E-state index is 0.247. The monoisotopic (exact) mass is 275 g/mol. The predicted molar refractivity (Wildman–Crippen MR) is 81.3 cm³/mol. The Kier molecular flexibility index (Phi) is 4.33. The van der Waals surface area contributed by atoms with Crippen LogP contribution in [0.2, 0.25) is 0 Å². The molecular formula is C17H29N3. The molecule has 1 heterocycles. The normalized spacial score (nSPS) is 42.1. The fourth-order valence-corrected chi connectivity index (χ4v) is 5.11. The van der Waals surface area contributed by atoms with Gasteiger partial charge in [-0.25, -0.2) is 0 Å². The molecule has 4 atom stereocenters. The predicted octanol–water partition coefficient (Wildman–Crippen LogP) is 3.07. The molecule has 0 spiro atoms. The van der Waals surface area contributed by atoms with Crippen molar-refractivity contribution in [2.24, 2.45) is 5.92 Å². The van der Waals surface area contributed by atoms with Crippen LogP contribution in [0.25, 0.3) is 0 Å². The summed E-state index contributed by atoms with van der Waals surface area (Å²) in [5, 5.41) is 13.1. The Hall–Kier alpha value is -0.590. The number of hydrogen-bond acceptors (Lipinski definition) is 3. The summed E-state index contributed by atoms with van der Waals surface area (Å²) < 4.78 is 0. The Morgan fingerprint density at radius 3 is 2.85 bits per heavy atom. The third-order valence-corrected chi connectivity index (χ3v) is 5.96. The van der Waals surface area contributed by atoms with E-state index in [1.165, 1.54) is 51.5 Å². The lowest BCUT2D eigenvalue weighted by molar-refractivity contribution is 0.0348. The third-order valence-electron chi connectivity index (χ3n) is 5.96. The fraction of sp³-hybridized carbons (Fsp3) is 0.941. The van der Waals surface area contributed by atoms with Gasteiger partial charge in [0.1, 0.15) is 5.54 Å². The van der Waals surface area contributed by atoms with Crippen molar-refractivity contribution >= 4 is 0 Å². The number of piperidine rings is 1. The zero-order valence-corrected chi connectivity index (χ0v) is 12.9. The highest BCUT2D eigenvalue weighted by atomic mass is 15.2. The van der Waals surface area contributed by atoms with Crippen LogP contribution in [0.5, 0.6) is 0 Å². The van der Waals surface area contributed by atoms with E-state index in [1.807, 2.05) is 0 Å². The molecule has 3 heteroatoms. The summed E-state index contributed by atoms with van der Waals surface area (Å²) in [6.07, 6.45) is 11.7. The van der Waals surface area contributed by atoms with Gasteiger partial charge in [0.05, 0.1) is 6.07 Å². The molecule has 2 aliphatic carbocycles. The summed E-state index contributed by atoms with van der Waals surface area (Å²) in [6, 6.07) is 4.09. The number of nitriles is 1. The molecule has 3 rings (SSSR count). The largest absolute Gasteiger partial charge is 0.300 e. The van der Waals surface area contributed by atoms with Crippen molar-refractivity contribution in [1.82, 2.24) is 10.2 Å². The summed E-state index contributed by atoms with van der Waals surface area (Å²) in [7, 11) is 0. The maximum Gasteiger partial charge on any atom is 0.108 e. The van der Waals surface area contributed by atoms with Crippen LogP contribution >= 0.6 is 0 Å². The van der Waals surface area contributed by atoms with E-state index in [0.717, 1.165) is 31.3 Å². The lowest BCUT2D eigenvalue weighted by Gasteiger charge is -2.47. The summed E-state index contributed by atoms with van der Waals surface area (Å²) in [4.78, 5) is 2.81. The van der Waals surface area contributed by atoms with E-state index >= 15 is 0 Å². The molecule has 0 amide bonds. The number of hydrogen-bond donors (Lipinski definition) is 1. The average molecular weight is 275 g/mol. The van der Waals surface area contributed by atoms with Crippen molar-refractivity contribution in [2.45, 2.75) is 82.3 Å². The van der Waals surface area contributed by atoms with Gasteiger partial charge in [-0.3, -0.25) is 10.2 Å². The maximum absolute atomic E-state index is 9.65. The summed E-state index contributed by atoms with van der Waals surface area (Å²) in [5.41, 5.74) is -0.247. The van der Waals surface area contributed by atoms with Gasteiger partial charge in [-0.15, -0.1) is 0 Å². The number of rotatable bonds is 3. The molecule has 3 fully saturated rings. The van der Waals surface area contributed by atoms with Crippen LogP contribution in [-0.4, -0.2) is 35.6 Å². The molecule has 0 aromatic heterocycles. The summed E-state index contributed by atoms with van der Waals surface area (Å²) in [5.74, 6) is 0.960. The number of nitrogens with one attached hydrogen (secondary N) is 1. The standard InChI is InChI=1S/C17H29N3/c1-2-19-17(13-18)10-4-8-15(12-17)20-11-5-7-14-6-3-9-16(14)20/h14-16,19H,2-12H2,1H3. The first-order chi connectivity index (χ1) is 9.78. The molecule has 0 radical (unpaired) electrons. The van der Waals surface area contributed by atoms with Gasteiger partial charge in [-0.05, 0) is 70.4 Å². The van der Waals surface area contributed by atoms with Crippen molar-refractivity contribution in [3.63, 3.8) is 0 Å². The topological polar surface area (TPSA) is 39.1 Å². The minimum Gasteiger partial charge on any atom is -0.300 e. The molecule has 1 N–H and O–H groups in total. The van der Waals surface area contributed by atoms with Crippen LogP contribution in [-0.2, 0) is 0 Å². The fourth-order valence-electron chi connectivity index (χ4n) is 5.11. The highest BCUT2D eigenvalue weighted by Gasteiger charge is 2.43. The second-order valence-electron chi connectivity index (χ2n) is 7.11. The smallest absolute Gasteiger partial charge is 0.108 e. The van der Waals surface area contributed by atoms with E-state index in [0.29, 0.717) is 6.04 Å². The molecule has 1 aliphatic heterocycles. The van der Waals surface area contributed by atoms with E-state index in [2.05, 4.69) is 23.2 Å². The summed E-state index contributed by atoms with van der Waals surface area (Å²) in [6.45, 7) is 4.31. The molecule has 4 unspecified atom stereocenters. The highest BCUT2D eigenvalue weighted by molar-refractivity contribution is 5.11. The number of nitrogens with zero attached hydrogens (tertiary/aromatic N) is 2. The molecule has 3 aliphatic rings. The van der Waals surface area contributed by atoms with Gasteiger partial charge < -0.3 is 0 Å². The molecular weight excluding hydrogens is 246 g/mol. The van der Waals surface area contributed by atoms with Crippen molar-refractivity contribution in [3.05, 3.63) is 0 Å². The van der Waals surface area contributed by atoms with Crippen LogP contribution in [0, 0.1) is 17.2 Å². The zero-order chi connectivity index (χ0) is 14.0. The van der Waals surface area contributed by atoms with Gasteiger partial charge in [0.25, 0.3) is 0 Å². The minimum atomic E-state index is -0.247. The Morgan fingerprint density at radius 1 is 1.20 bits per heavy atom. The van der Waals surface area contributed by atoms with Gasteiger partial charge in [0.15, 0.2) is 0 Å². The first-order valence-electron chi connectivity index (χ1n) is 8.70. The van der Waals surface area contributed by atoms with E-state index in [4.69, 9.17) is 0 Å². The third kappa shape index (κ3) is 2.61. The van der Waals surface area contributed by atoms with Crippen LogP contribution < -0.4 is 5.32 Å². The van der Waals surface area contributed by atoms with E-state index in [9.17, 15) is 5.26 Å². The first-order valence-corrected chi connectivity index (χ1v) is 8.70. The lowest BCUT2D eigenvalue weighted by atomic mass is 9.77. The van der Waals surface area contributed by atoms with Gasteiger partial charge in [0.2, 0.25) is 0 Å². The Bertz CT molecular complexity index is 371. The molecule has 0 bridgehead atoms. The van der Waals surface area contributed by atoms with Crippen LogP contribution in [0.4, 0.5) is 0 Å². The lowest BCUT2D eigenvalue weighted by Crippen LogP contribution is -2.56. The van der Waals surface area contributed by atoms with Crippen molar-refractivity contribution in [3.8, 4) is 6.07 Å². The molecule has 1 saturated heterocycles. The average Bonchev–Trinajstić information content (AvgIpc) is 2.96. The van der Waals surface area contributed by atoms with Crippen molar-refractivity contribution in [1.29, 1.82) is 5.26 Å². The van der Waals surface area contributed by atoms with E-state index in [-0.39, 0.29) is 5.54 Å². The van der Waals surface area contributed by atoms with Crippen LogP contribution in [0.15, 0.2) is 0 Å². The van der Waals surface area contributed by atoms with Gasteiger partial charge in [0, 0.05) is 12.1 Å². The highest BCUT2D eigenvalue weighted by Crippen LogP contribution is 2.41. The zero-order valence-electron chi connectivity index (χ0n) is 12.9. The number of likely N-dealkylation sites (tertiary alicyclic amines) is 1.